The number of fused-ring (bicyclic) bond motifs is 4. The minimum atomic E-state index is -4.50. The lowest BCUT2D eigenvalue weighted by Gasteiger charge is -2.35. The van der Waals surface area contributed by atoms with Crippen LogP contribution in [0.15, 0.2) is 24.3 Å². The Bertz CT molecular complexity index is 1120. The molecule has 4 heterocycles. The summed E-state index contributed by atoms with van der Waals surface area (Å²) in [5, 5.41) is 28.4. The first-order chi connectivity index (χ1) is 17.1. The quantitative estimate of drug-likeness (QED) is 0.455. The van der Waals surface area contributed by atoms with Crippen molar-refractivity contribution < 1.29 is 37.7 Å². The predicted molar refractivity (Wildman–Crippen MR) is 121 cm³/mol. The van der Waals surface area contributed by atoms with Crippen LogP contribution in [0.25, 0.3) is 0 Å². The summed E-state index contributed by atoms with van der Waals surface area (Å²) in [6.07, 6.45) is -5.67. The van der Waals surface area contributed by atoms with Crippen LogP contribution in [0.4, 0.5) is 35.3 Å². The van der Waals surface area contributed by atoms with Crippen LogP contribution in [-0.2, 0) is 0 Å². The van der Waals surface area contributed by atoms with Gasteiger partial charge in [0.2, 0.25) is 5.88 Å². The fraction of sp³-hybridized carbons (Fsp3) is 0.500. The molecule has 0 radical (unpaired) electrons. The molecule has 0 aromatic carbocycles. The number of nitrogens with one attached hydrogen (secondary N) is 1. The van der Waals surface area contributed by atoms with E-state index in [1.807, 2.05) is 4.90 Å². The Morgan fingerprint density at radius 3 is 2.69 bits per heavy atom. The molecule has 2 aromatic heterocycles. The number of alkyl halides is 3. The van der Waals surface area contributed by atoms with Crippen molar-refractivity contribution in [3.8, 4) is 5.88 Å². The van der Waals surface area contributed by atoms with Gasteiger partial charge in [-0.25, -0.2) is 9.78 Å². The zero-order chi connectivity index (χ0) is 26.0. The molecule has 0 saturated carbocycles. The van der Waals surface area contributed by atoms with Crippen molar-refractivity contribution in [3.63, 3.8) is 0 Å². The molecule has 2 amide bonds. The third-order valence-corrected chi connectivity index (χ3v) is 6.02. The number of aliphatic hydroxyl groups excluding tert-OH is 2. The molecule has 36 heavy (non-hydrogen) atoms. The number of amides is 2. The third-order valence-electron chi connectivity index (χ3n) is 6.02. The highest BCUT2D eigenvalue weighted by molar-refractivity contribution is 6.05. The molecule has 14 heteroatoms. The fourth-order valence-corrected chi connectivity index (χ4v) is 3.99. The molecular formula is C22H25F3N6O5. The van der Waals surface area contributed by atoms with Crippen molar-refractivity contribution in [1.29, 1.82) is 0 Å². The number of hydrogen-bond acceptors (Lipinski definition) is 9. The van der Waals surface area contributed by atoms with Gasteiger partial charge in [0.1, 0.15) is 18.4 Å². The largest absolute Gasteiger partial charge is 0.474 e. The summed E-state index contributed by atoms with van der Waals surface area (Å²) in [5.41, 5.74) is 0.466. The van der Waals surface area contributed by atoms with E-state index in [1.165, 1.54) is 23.1 Å². The van der Waals surface area contributed by atoms with E-state index >= 15 is 0 Å². The fourth-order valence-electron chi connectivity index (χ4n) is 3.99. The second-order valence-corrected chi connectivity index (χ2v) is 8.70. The molecule has 2 bridgehead atoms. The van der Waals surface area contributed by atoms with Gasteiger partial charge in [-0.2, -0.15) is 13.2 Å². The molecule has 3 atom stereocenters. The maximum Gasteiger partial charge on any atom is 0.391 e. The van der Waals surface area contributed by atoms with Gasteiger partial charge >= 0.3 is 12.2 Å². The van der Waals surface area contributed by atoms with Gasteiger partial charge in [-0.1, -0.05) is 6.92 Å². The predicted octanol–water partition coefficient (Wildman–Crippen LogP) is 2.01. The average molecular weight is 510 g/mol. The van der Waals surface area contributed by atoms with Gasteiger partial charge in [-0.05, 0) is 24.6 Å². The van der Waals surface area contributed by atoms with E-state index < -0.39 is 43.0 Å². The number of ketones is 1. The highest BCUT2D eigenvalue weighted by atomic mass is 19.4. The van der Waals surface area contributed by atoms with Gasteiger partial charge in [0.25, 0.3) is 0 Å². The molecule has 2 aliphatic heterocycles. The summed E-state index contributed by atoms with van der Waals surface area (Å²) in [5.74, 6) is -2.21. The van der Waals surface area contributed by atoms with Crippen LogP contribution in [0.5, 0.6) is 5.88 Å². The minimum absolute atomic E-state index is 0.0770. The van der Waals surface area contributed by atoms with Crippen LogP contribution in [0.1, 0.15) is 30.3 Å². The highest BCUT2D eigenvalue weighted by Gasteiger charge is 2.41. The van der Waals surface area contributed by atoms with Gasteiger partial charge in [0.05, 0.1) is 24.3 Å². The minimum Gasteiger partial charge on any atom is -0.474 e. The smallest absolute Gasteiger partial charge is 0.391 e. The molecular weight excluding hydrogens is 485 g/mol. The first-order valence-electron chi connectivity index (χ1n) is 11.3. The number of rotatable bonds is 8. The number of aliphatic hydroxyl groups is 2. The number of carbonyl (C=O) groups is 2. The van der Waals surface area contributed by atoms with E-state index in [0.717, 1.165) is 6.92 Å². The van der Waals surface area contributed by atoms with Crippen LogP contribution in [0, 0.1) is 5.92 Å². The van der Waals surface area contributed by atoms with Gasteiger partial charge in [-0.15, -0.1) is 10.2 Å². The number of halogens is 3. The van der Waals surface area contributed by atoms with Crippen LogP contribution in [0.3, 0.4) is 0 Å². The summed E-state index contributed by atoms with van der Waals surface area (Å²) in [6, 6.07) is 5.01. The number of Topliss-reactive ketones (excluding diaryl/α,β-unsaturated/α-hetero) is 1. The van der Waals surface area contributed by atoms with E-state index in [-0.39, 0.29) is 35.9 Å². The Hall–Kier alpha value is -3.52. The molecule has 2 aromatic rings. The van der Waals surface area contributed by atoms with Crippen LogP contribution in [-0.4, -0.2) is 81.8 Å². The molecule has 3 N–H and O–H groups in total. The van der Waals surface area contributed by atoms with Gasteiger partial charge < -0.3 is 19.8 Å². The number of anilines is 3. The van der Waals surface area contributed by atoms with Crippen molar-refractivity contribution in [2.24, 2.45) is 5.92 Å². The molecule has 1 saturated heterocycles. The van der Waals surface area contributed by atoms with Gasteiger partial charge in [0, 0.05) is 25.6 Å². The number of urea groups is 1. The molecule has 194 valence electrons. The van der Waals surface area contributed by atoms with Gasteiger partial charge in [-0.3, -0.25) is 15.0 Å². The molecule has 4 rings (SSSR count). The summed E-state index contributed by atoms with van der Waals surface area (Å²) < 4.78 is 44.0. The molecule has 0 spiro atoms. The van der Waals surface area contributed by atoms with E-state index in [1.54, 1.807) is 6.07 Å². The lowest BCUT2D eigenvalue weighted by atomic mass is 10.0. The summed E-state index contributed by atoms with van der Waals surface area (Å²) in [7, 11) is 0. The first-order valence-corrected chi connectivity index (χ1v) is 11.3. The van der Waals surface area contributed by atoms with Crippen molar-refractivity contribution in [2.75, 3.05) is 41.4 Å². The van der Waals surface area contributed by atoms with Crippen molar-refractivity contribution in [1.82, 2.24) is 15.2 Å². The standard InChI is InChI=1S/C22H25F3N6O5/c1-12(22(23,24)25)8-17(34)15-2-3-16-20(26-15)31(13-6-7-30(16)9-13)21(35)27-18-4-5-19(29-28-18)36-11-14(33)10-32/h2-5,12-14,32-33H,6-11H2,1H3,(H,27,28,35)/t12-,13-,14+/m0/s1. The monoisotopic (exact) mass is 510 g/mol. The van der Waals surface area contributed by atoms with Crippen molar-refractivity contribution in [3.05, 3.63) is 30.0 Å². The van der Waals surface area contributed by atoms with E-state index in [0.29, 0.717) is 25.2 Å². The van der Waals surface area contributed by atoms with Crippen LogP contribution in [0.2, 0.25) is 0 Å². The average Bonchev–Trinajstić information content (AvgIpc) is 3.26. The van der Waals surface area contributed by atoms with Crippen LogP contribution < -0.4 is 19.9 Å². The normalized spacial score (nSPS) is 18.4. The highest BCUT2D eigenvalue weighted by Crippen LogP contribution is 2.39. The van der Waals surface area contributed by atoms with Gasteiger partial charge in [0.15, 0.2) is 17.4 Å². The molecule has 11 nitrogen and oxygen atoms in total. The Morgan fingerprint density at radius 2 is 2.03 bits per heavy atom. The second kappa shape index (κ2) is 10.2. The summed E-state index contributed by atoms with van der Waals surface area (Å²) in [4.78, 5) is 33.4. The maximum absolute atomic E-state index is 13.2. The van der Waals surface area contributed by atoms with E-state index in [2.05, 4.69) is 20.5 Å². The Balaban J connectivity index is 1.51. The first kappa shape index (κ1) is 25.6. The Labute approximate surface area is 203 Å². The third kappa shape index (κ3) is 5.49. The zero-order valence-corrected chi connectivity index (χ0v) is 19.3. The number of pyridine rings is 1. The van der Waals surface area contributed by atoms with E-state index in [4.69, 9.17) is 9.84 Å². The SMILES string of the molecule is C[C@@H](CC(=O)c1ccc2c(n1)N(C(=O)Nc1ccc(OC[C@H](O)CO)nn1)[C@H]1CCN2C1)C(F)(F)F. The number of nitrogens with zero attached hydrogens (tertiary/aromatic N) is 5. The van der Waals surface area contributed by atoms with Crippen molar-refractivity contribution >= 4 is 29.1 Å². The van der Waals surface area contributed by atoms with Crippen molar-refractivity contribution in [2.45, 2.75) is 38.1 Å². The maximum atomic E-state index is 13.2. The number of ether oxygens (including phenoxy) is 1. The second-order valence-electron chi connectivity index (χ2n) is 8.70. The lowest BCUT2D eigenvalue weighted by Crippen LogP contribution is -2.48. The summed E-state index contributed by atoms with van der Waals surface area (Å²) >= 11 is 0. The Morgan fingerprint density at radius 1 is 1.25 bits per heavy atom. The van der Waals surface area contributed by atoms with Crippen LogP contribution >= 0.6 is 0 Å². The topological polar surface area (TPSA) is 141 Å². The summed E-state index contributed by atoms with van der Waals surface area (Å²) in [6.45, 7) is 1.49. The molecule has 0 unspecified atom stereocenters. The lowest BCUT2D eigenvalue weighted by molar-refractivity contribution is -0.168. The number of carbonyl (C=O) groups excluding carboxylic acids is 2. The number of aromatic nitrogens is 3. The Kier molecular flexibility index (Phi) is 7.26. The zero-order valence-electron chi connectivity index (χ0n) is 19.3. The molecule has 2 aliphatic rings. The molecule has 1 fully saturated rings. The number of hydrogen-bond donors (Lipinski definition) is 3. The molecule has 0 aliphatic carbocycles. The van der Waals surface area contributed by atoms with E-state index in [9.17, 15) is 27.9 Å².